The van der Waals surface area contributed by atoms with Crippen molar-refractivity contribution >= 4 is 41.1 Å². The van der Waals surface area contributed by atoms with Gasteiger partial charge in [0.2, 0.25) is 5.91 Å². The number of ketones is 1. The maximum atomic E-state index is 12.4. The number of carbonyl (C=O) groups is 2. The monoisotopic (exact) mass is 401 g/mol. The first-order valence-corrected chi connectivity index (χ1v) is 9.80. The van der Waals surface area contributed by atoms with E-state index in [9.17, 15) is 9.59 Å². The molecule has 0 unspecified atom stereocenters. The van der Waals surface area contributed by atoms with Crippen molar-refractivity contribution in [1.29, 1.82) is 0 Å². The summed E-state index contributed by atoms with van der Waals surface area (Å²) in [5.74, 6) is 0.0119. The third kappa shape index (κ3) is 3.87. The van der Waals surface area contributed by atoms with Crippen LogP contribution in [0.15, 0.2) is 60.7 Å². The molecule has 1 heterocycles. The van der Waals surface area contributed by atoms with E-state index in [0.29, 0.717) is 17.1 Å². The predicted octanol–water partition coefficient (Wildman–Crippen LogP) is 6.25. The number of fused-ring (bicyclic) bond motifs is 2. The fourth-order valence-corrected chi connectivity index (χ4v) is 3.80. The number of benzene rings is 3. The topological polar surface area (TPSA) is 37.4 Å². The van der Waals surface area contributed by atoms with Crippen molar-refractivity contribution in [3.63, 3.8) is 0 Å². The quantitative estimate of drug-likeness (QED) is 0.476. The summed E-state index contributed by atoms with van der Waals surface area (Å²) in [6.45, 7) is 3.60. The lowest BCUT2D eigenvalue weighted by Gasteiger charge is -2.26. The van der Waals surface area contributed by atoms with Crippen LogP contribution in [0.5, 0.6) is 0 Å². The minimum Gasteiger partial charge on any atom is -0.308 e. The summed E-state index contributed by atoms with van der Waals surface area (Å²) in [4.78, 5) is 25.9. The largest absolute Gasteiger partial charge is 0.308 e. The average molecular weight is 402 g/mol. The number of hydrogen-bond donors (Lipinski definition) is 0. The first-order valence-electron chi connectivity index (χ1n) is 9.42. The van der Waals surface area contributed by atoms with Gasteiger partial charge in [-0.3, -0.25) is 9.59 Å². The number of amides is 1. The van der Waals surface area contributed by atoms with Gasteiger partial charge in [0.05, 0.1) is 12.2 Å². The molecule has 0 saturated heterocycles. The lowest BCUT2D eigenvalue weighted by molar-refractivity contribution is -0.116. The van der Waals surface area contributed by atoms with Crippen LogP contribution in [0.4, 0.5) is 5.69 Å². The van der Waals surface area contributed by atoms with Crippen LogP contribution in [0.25, 0.3) is 23.3 Å². The van der Waals surface area contributed by atoms with Crippen molar-refractivity contribution in [3.05, 3.63) is 87.9 Å². The normalized spacial score (nSPS) is 12.6. The molecule has 1 aliphatic rings. The fourth-order valence-electron chi connectivity index (χ4n) is 3.62. The van der Waals surface area contributed by atoms with E-state index in [4.69, 9.17) is 11.6 Å². The van der Waals surface area contributed by atoms with Gasteiger partial charge in [0.15, 0.2) is 5.78 Å². The van der Waals surface area contributed by atoms with Gasteiger partial charge in [-0.15, -0.1) is 0 Å². The van der Waals surface area contributed by atoms with Gasteiger partial charge in [-0.05, 0) is 65.1 Å². The molecule has 0 N–H and O–H groups in total. The van der Waals surface area contributed by atoms with Crippen LogP contribution in [0.3, 0.4) is 0 Å². The highest BCUT2D eigenvalue weighted by molar-refractivity contribution is 6.30. The molecule has 0 aromatic heterocycles. The third-order valence-corrected chi connectivity index (χ3v) is 5.41. The minimum absolute atomic E-state index is 0.0289. The molecule has 0 aliphatic carbocycles. The molecule has 0 radical (unpaired) electrons. The number of hydrogen-bond acceptors (Lipinski definition) is 2. The Balaban J connectivity index is 1.82. The second-order valence-electron chi connectivity index (χ2n) is 7.19. The number of halogens is 1. The molecule has 0 spiro atoms. The highest BCUT2D eigenvalue weighted by atomic mass is 35.5. The van der Waals surface area contributed by atoms with Crippen molar-refractivity contribution in [1.82, 2.24) is 0 Å². The summed E-state index contributed by atoms with van der Waals surface area (Å²) < 4.78 is 0. The average Bonchev–Trinajstić information content (AvgIpc) is 2.69. The highest BCUT2D eigenvalue weighted by Crippen LogP contribution is 2.33. The van der Waals surface area contributed by atoms with E-state index in [1.54, 1.807) is 24.8 Å². The van der Waals surface area contributed by atoms with Crippen molar-refractivity contribution in [2.24, 2.45) is 0 Å². The van der Waals surface area contributed by atoms with Gasteiger partial charge >= 0.3 is 0 Å². The molecule has 4 rings (SSSR count). The summed E-state index contributed by atoms with van der Waals surface area (Å²) >= 11 is 6.16. The van der Waals surface area contributed by atoms with Crippen molar-refractivity contribution in [2.75, 3.05) is 4.90 Å². The fraction of sp³-hybridized carbons (Fsp3) is 0.120. The number of anilines is 1. The Labute approximate surface area is 175 Å². The standard InChI is InChI=1S/C25H20ClNO2/c1-16(28)19-4-3-5-20(12-19)21-8-6-18-7-9-22-14-24(26)10-11-25(22)27(17(2)29)15-23(18)13-21/h3-14H,15H2,1-2H3. The van der Waals surface area contributed by atoms with Gasteiger partial charge in [-0.1, -0.05) is 54.1 Å². The number of nitrogens with zero attached hydrogens (tertiary/aromatic N) is 1. The molecule has 29 heavy (non-hydrogen) atoms. The van der Waals surface area contributed by atoms with Crippen molar-refractivity contribution < 1.29 is 9.59 Å². The van der Waals surface area contributed by atoms with Gasteiger partial charge in [0.1, 0.15) is 0 Å². The van der Waals surface area contributed by atoms with Crippen LogP contribution in [0.2, 0.25) is 5.02 Å². The van der Waals surface area contributed by atoms with Gasteiger partial charge in [-0.25, -0.2) is 0 Å². The van der Waals surface area contributed by atoms with Crippen LogP contribution >= 0.6 is 11.6 Å². The lowest BCUT2D eigenvalue weighted by atomic mass is 9.95. The molecule has 1 aliphatic heterocycles. The Morgan fingerprint density at radius 2 is 1.62 bits per heavy atom. The zero-order valence-electron chi connectivity index (χ0n) is 16.3. The lowest BCUT2D eigenvalue weighted by Crippen LogP contribution is -2.29. The zero-order chi connectivity index (χ0) is 20.5. The first-order chi connectivity index (χ1) is 13.9. The Kier molecular flexibility index (Phi) is 5.08. The Bertz CT molecular complexity index is 1160. The molecule has 3 aromatic rings. The molecule has 3 aromatic carbocycles. The molecular weight excluding hydrogens is 382 g/mol. The Hall–Kier alpha value is -3.17. The number of rotatable bonds is 2. The molecule has 0 fully saturated rings. The summed E-state index contributed by atoms with van der Waals surface area (Å²) in [7, 11) is 0. The number of carbonyl (C=O) groups excluding carboxylic acids is 2. The van der Waals surface area contributed by atoms with Crippen LogP contribution < -0.4 is 4.90 Å². The smallest absolute Gasteiger partial charge is 0.224 e. The minimum atomic E-state index is -0.0289. The number of Topliss-reactive ketones (excluding diaryl/α,β-unsaturated/α-hetero) is 1. The summed E-state index contributed by atoms with van der Waals surface area (Å²) in [6, 6.07) is 19.4. The van der Waals surface area contributed by atoms with Crippen molar-refractivity contribution in [2.45, 2.75) is 20.4 Å². The van der Waals surface area contributed by atoms with Crippen LogP contribution in [-0.4, -0.2) is 11.7 Å². The van der Waals surface area contributed by atoms with E-state index in [1.165, 1.54) is 0 Å². The first kappa shape index (κ1) is 19.2. The molecule has 4 heteroatoms. The Morgan fingerprint density at radius 3 is 2.38 bits per heavy atom. The second-order valence-corrected chi connectivity index (χ2v) is 7.63. The molecule has 0 bridgehead atoms. The van der Waals surface area contributed by atoms with Crippen LogP contribution in [0, 0.1) is 0 Å². The van der Waals surface area contributed by atoms with E-state index < -0.39 is 0 Å². The van der Waals surface area contributed by atoms with E-state index in [1.807, 2.05) is 48.5 Å². The van der Waals surface area contributed by atoms with Gasteiger partial charge in [0, 0.05) is 17.5 Å². The Morgan fingerprint density at radius 1 is 0.862 bits per heavy atom. The van der Waals surface area contributed by atoms with Crippen LogP contribution in [0.1, 0.15) is 40.9 Å². The molecule has 0 saturated carbocycles. The molecule has 144 valence electrons. The maximum Gasteiger partial charge on any atom is 0.224 e. The molecular formula is C25H20ClNO2. The third-order valence-electron chi connectivity index (χ3n) is 5.18. The van der Waals surface area contributed by atoms with Crippen LogP contribution in [-0.2, 0) is 11.3 Å². The molecule has 3 nitrogen and oxygen atoms in total. The maximum absolute atomic E-state index is 12.4. The molecule has 1 amide bonds. The SMILES string of the molecule is CC(=O)c1cccc(-c2ccc3c(c2)CN(C(C)=O)c2ccc(Cl)cc2C=C3)c1. The zero-order valence-corrected chi connectivity index (χ0v) is 17.0. The van der Waals surface area contributed by atoms with E-state index >= 15 is 0 Å². The predicted molar refractivity (Wildman–Crippen MR) is 119 cm³/mol. The van der Waals surface area contributed by atoms with E-state index in [0.717, 1.165) is 33.5 Å². The van der Waals surface area contributed by atoms with E-state index in [2.05, 4.69) is 18.2 Å². The summed E-state index contributed by atoms with van der Waals surface area (Å²) in [5, 5.41) is 0.637. The summed E-state index contributed by atoms with van der Waals surface area (Å²) in [5.41, 5.74) is 6.53. The van der Waals surface area contributed by atoms with Crippen molar-refractivity contribution in [3.8, 4) is 11.1 Å². The van der Waals surface area contributed by atoms with Gasteiger partial charge in [0.25, 0.3) is 0 Å². The molecule has 0 atom stereocenters. The van der Waals surface area contributed by atoms with Gasteiger partial charge < -0.3 is 4.90 Å². The van der Waals surface area contributed by atoms with E-state index in [-0.39, 0.29) is 11.7 Å². The summed E-state index contributed by atoms with van der Waals surface area (Å²) in [6.07, 6.45) is 4.04. The highest BCUT2D eigenvalue weighted by Gasteiger charge is 2.19. The second kappa shape index (κ2) is 7.69. The van der Waals surface area contributed by atoms with Gasteiger partial charge in [-0.2, -0.15) is 0 Å².